The van der Waals surface area contributed by atoms with E-state index in [-0.39, 0.29) is 6.10 Å². The zero-order valence-corrected chi connectivity index (χ0v) is 12.4. The van der Waals surface area contributed by atoms with Gasteiger partial charge in [0.15, 0.2) is 0 Å². The smallest absolute Gasteiger partial charge is 0.142 e. The number of rotatable bonds is 3. The second-order valence-electron chi connectivity index (χ2n) is 4.78. The number of piperazine rings is 1. The van der Waals surface area contributed by atoms with E-state index in [1.165, 1.54) is 5.69 Å². The van der Waals surface area contributed by atoms with Crippen LogP contribution < -0.4 is 20.7 Å². The molecular formula is C15H27N3O. The van der Waals surface area contributed by atoms with E-state index in [0.29, 0.717) is 0 Å². The molecule has 108 valence electrons. The summed E-state index contributed by atoms with van der Waals surface area (Å²) < 4.78 is 5.84. The maximum Gasteiger partial charge on any atom is 0.142 e. The summed E-state index contributed by atoms with van der Waals surface area (Å²) in [6, 6.07) is 8.30. The lowest BCUT2D eigenvalue weighted by Gasteiger charge is -2.31. The zero-order valence-electron chi connectivity index (χ0n) is 12.4. The molecule has 0 radical (unpaired) electrons. The van der Waals surface area contributed by atoms with Gasteiger partial charge >= 0.3 is 0 Å². The Balaban J connectivity index is 0.000000550. The van der Waals surface area contributed by atoms with Crippen molar-refractivity contribution in [2.24, 2.45) is 5.73 Å². The highest BCUT2D eigenvalue weighted by molar-refractivity contribution is 5.58. The second kappa shape index (κ2) is 8.77. The van der Waals surface area contributed by atoms with E-state index in [1.807, 2.05) is 13.0 Å². The van der Waals surface area contributed by atoms with E-state index in [1.54, 1.807) is 0 Å². The first-order valence-electron chi connectivity index (χ1n) is 7.10. The van der Waals surface area contributed by atoms with Gasteiger partial charge in [-0.05, 0) is 32.5 Å². The Morgan fingerprint density at radius 3 is 2.42 bits per heavy atom. The summed E-state index contributed by atoms with van der Waals surface area (Å²) in [5, 5.41) is 3.36. The summed E-state index contributed by atoms with van der Waals surface area (Å²) in [6.07, 6.45) is 0.226. The quantitative estimate of drug-likeness (QED) is 0.876. The maximum absolute atomic E-state index is 5.84. The van der Waals surface area contributed by atoms with E-state index >= 15 is 0 Å². The molecule has 19 heavy (non-hydrogen) atoms. The number of nitrogens with two attached hydrogens (primary N) is 1. The summed E-state index contributed by atoms with van der Waals surface area (Å²) in [6.45, 7) is 11.0. The molecule has 1 fully saturated rings. The fourth-order valence-electron chi connectivity index (χ4n) is 1.98. The molecule has 0 unspecified atom stereocenters. The van der Waals surface area contributed by atoms with Crippen LogP contribution >= 0.6 is 0 Å². The molecule has 4 heteroatoms. The zero-order chi connectivity index (χ0) is 14.1. The van der Waals surface area contributed by atoms with Crippen LogP contribution in [0.5, 0.6) is 5.75 Å². The fraction of sp³-hybridized carbons (Fsp3) is 0.600. The Bertz CT molecular complexity index is 349. The number of hydrogen-bond donors (Lipinski definition) is 2. The van der Waals surface area contributed by atoms with Crippen molar-refractivity contribution in [1.29, 1.82) is 0 Å². The molecule has 0 saturated carbocycles. The number of nitrogens with one attached hydrogen (secondary N) is 1. The summed E-state index contributed by atoms with van der Waals surface area (Å²) in [4.78, 5) is 2.38. The molecule has 0 bridgehead atoms. The predicted molar refractivity (Wildman–Crippen MR) is 82.0 cm³/mol. The Labute approximate surface area is 116 Å². The van der Waals surface area contributed by atoms with Crippen molar-refractivity contribution in [3.8, 4) is 5.75 Å². The molecule has 0 amide bonds. The minimum Gasteiger partial charge on any atom is -0.489 e. The Morgan fingerprint density at radius 1 is 1.26 bits per heavy atom. The minimum absolute atomic E-state index is 0.226. The van der Waals surface area contributed by atoms with Crippen LogP contribution in [0.3, 0.4) is 0 Å². The second-order valence-corrected chi connectivity index (χ2v) is 4.78. The van der Waals surface area contributed by atoms with Gasteiger partial charge in [0.05, 0.1) is 11.8 Å². The summed E-state index contributed by atoms with van der Waals surface area (Å²) >= 11 is 0. The van der Waals surface area contributed by atoms with E-state index in [0.717, 1.165) is 38.5 Å². The van der Waals surface area contributed by atoms with Crippen molar-refractivity contribution in [3.63, 3.8) is 0 Å². The van der Waals surface area contributed by atoms with E-state index in [4.69, 9.17) is 10.5 Å². The van der Waals surface area contributed by atoms with Gasteiger partial charge < -0.3 is 20.7 Å². The molecule has 3 N–H and O–H groups in total. The Morgan fingerprint density at radius 2 is 1.84 bits per heavy atom. The van der Waals surface area contributed by atoms with Crippen LogP contribution in [-0.4, -0.2) is 38.8 Å². The van der Waals surface area contributed by atoms with Gasteiger partial charge in [0.25, 0.3) is 0 Å². The van der Waals surface area contributed by atoms with Crippen LogP contribution in [0, 0.1) is 0 Å². The Kier molecular flexibility index (Phi) is 7.30. The molecule has 1 aliphatic heterocycles. The van der Waals surface area contributed by atoms with Crippen molar-refractivity contribution in [2.45, 2.75) is 26.9 Å². The lowest BCUT2D eigenvalue weighted by molar-refractivity contribution is 0.242. The maximum atomic E-state index is 5.84. The molecule has 0 spiro atoms. The summed E-state index contributed by atoms with van der Waals surface area (Å²) in [7, 11) is 0. The Hall–Kier alpha value is -1.26. The van der Waals surface area contributed by atoms with Crippen molar-refractivity contribution in [1.82, 2.24) is 5.32 Å². The van der Waals surface area contributed by atoms with E-state index in [2.05, 4.69) is 42.3 Å². The topological polar surface area (TPSA) is 50.5 Å². The molecule has 1 aliphatic rings. The fourth-order valence-corrected chi connectivity index (χ4v) is 1.98. The lowest BCUT2D eigenvalue weighted by Crippen LogP contribution is -2.43. The first-order valence-corrected chi connectivity index (χ1v) is 7.10. The molecule has 1 saturated heterocycles. The van der Waals surface area contributed by atoms with Crippen molar-refractivity contribution in [2.75, 3.05) is 37.6 Å². The van der Waals surface area contributed by atoms with Crippen molar-refractivity contribution in [3.05, 3.63) is 24.3 Å². The van der Waals surface area contributed by atoms with Crippen LogP contribution in [-0.2, 0) is 0 Å². The van der Waals surface area contributed by atoms with Crippen LogP contribution in [0.4, 0.5) is 5.69 Å². The van der Waals surface area contributed by atoms with Gasteiger partial charge in [0.2, 0.25) is 0 Å². The first kappa shape index (κ1) is 15.8. The van der Waals surface area contributed by atoms with Gasteiger partial charge in [-0.1, -0.05) is 19.1 Å². The van der Waals surface area contributed by atoms with Gasteiger partial charge in [-0.25, -0.2) is 0 Å². The lowest BCUT2D eigenvalue weighted by atomic mass is 10.2. The number of ether oxygens (including phenoxy) is 1. The third kappa shape index (κ3) is 5.49. The van der Waals surface area contributed by atoms with Crippen LogP contribution in [0.1, 0.15) is 20.8 Å². The van der Waals surface area contributed by atoms with Crippen LogP contribution in [0.2, 0.25) is 0 Å². The number of para-hydroxylation sites is 2. The van der Waals surface area contributed by atoms with Gasteiger partial charge in [0, 0.05) is 26.2 Å². The van der Waals surface area contributed by atoms with Crippen LogP contribution in [0.25, 0.3) is 0 Å². The third-order valence-corrected chi connectivity index (χ3v) is 2.69. The third-order valence-electron chi connectivity index (χ3n) is 2.69. The molecule has 0 atom stereocenters. The van der Waals surface area contributed by atoms with E-state index < -0.39 is 0 Å². The molecule has 4 nitrogen and oxygen atoms in total. The van der Waals surface area contributed by atoms with Crippen LogP contribution in [0.15, 0.2) is 24.3 Å². The average Bonchev–Trinajstić information content (AvgIpc) is 2.40. The van der Waals surface area contributed by atoms with Gasteiger partial charge in [-0.3, -0.25) is 0 Å². The minimum atomic E-state index is 0.226. The largest absolute Gasteiger partial charge is 0.489 e. The monoisotopic (exact) mass is 265 g/mol. The number of anilines is 1. The molecular weight excluding hydrogens is 238 g/mol. The van der Waals surface area contributed by atoms with Gasteiger partial charge in [-0.15, -0.1) is 0 Å². The molecule has 1 heterocycles. The molecule has 1 aromatic rings. The number of nitrogens with zero attached hydrogens (tertiary/aromatic N) is 1. The highest BCUT2D eigenvalue weighted by atomic mass is 16.5. The van der Waals surface area contributed by atoms with E-state index in [9.17, 15) is 0 Å². The van der Waals surface area contributed by atoms with Gasteiger partial charge in [0.1, 0.15) is 5.75 Å². The molecule has 0 aliphatic carbocycles. The van der Waals surface area contributed by atoms with Crippen molar-refractivity contribution < 1.29 is 4.74 Å². The first-order chi connectivity index (χ1) is 9.19. The van der Waals surface area contributed by atoms with Crippen molar-refractivity contribution >= 4 is 5.69 Å². The predicted octanol–water partition coefficient (Wildman–Crippen LogP) is 1.85. The highest BCUT2D eigenvalue weighted by Crippen LogP contribution is 2.28. The number of benzene rings is 1. The normalized spacial score (nSPS) is 14.9. The van der Waals surface area contributed by atoms with Gasteiger partial charge in [-0.2, -0.15) is 0 Å². The number of hydrogen-bond acceptors (Lipinski definition) is 4. The molecule has 2 rings (SSSR count). The average molecular weight is 265 g/mol. The standard InChI is InChI=1S/C13H20N2O.C2H7N/c1-11(2)16-13-6-4-3-5-12(13)15-9-7-14-8-10-15;1-2-3/h3-6,11,14H,7-10H2,1-2H3;2-3H2,1H3. The summed E-state index contributed by atoms with van der Waals surface area (Å²) in [5.74, 6) is 0.999. The highest BCUT2D eigenvalue weighted by Gasteiger charge is 2.14. The SMILES string of the molecule is CC(C)Oc1ccccc1N1CCNCC1.CCN. The summed E-state index contributed by atoms with van der Waals surface area (Å²) in [5.41, 5.74) is 6.07. The molecule has 1 aromatic carbocycles. The molecule has 0 aromatic heterocycles.